The monoisotopic (exact) mass is 473 g/mol. The number of fused-ring (bicyclic) bond motifs is 1. The summed E-state index contributed by atoms with van der Waals surface area (Å²) in [5.74, 6) is -12.7. The van der Waals surface area contributed by atoms with Crippen LogP contribution in [-0.4, -0.2) is 18.8 Å². The number of sulfonamides is 1. The predicted octanol–water partition coefficient (Wildman–Crippen LogP) is 4.42. The van der Waals surface area contributed by atoms with Crippen LogP contribution in [0.5, 0.6) is 0 Å². The van der Waals surface area contributed by atoms with E-state index in [1.54, 1.807) is 0 Å². The van der Waals surface area contributed by atoms with Crippen LogP contribution in [0.2, 0.25) is 0 Å². The first kappa shape index (κ1) is 20.2. The summed E-state index contributed by atoms with van der Waals surface area (Å²) in [6, 6.07) is 1.74. The molecule has 3 nitrogen and oxygen atoms in total. The van der Waals surface area contributed by atoms with Gasteiger partial charge in [-0.15, -0.1) is 0 Å². The first-order valence-corrected chi connectivity index (χ1v) is 9.70. The van der Waals surface area contributed by atoms with Crippen LogP contribution < -0.4 is 0 Å². The van der Waals surface area contributed by atoms with Crippen LogP contribution in [0.1, 0.15) is 18.1 Å². The van der Waals surface area contributed by atoms with Crippen LogP contribution in [0.25, 0.3) is 0 Å². The quantitative estimate of drug-likeness (QED) is 0.367. The van der Waals surface area contributed by atoms with Gasteiger partial charge in [-0.25, -0.2) is 34.8 Å². The van der Waals surface area contributed by atoms with Crippen LogP contribution in [0.15, 0.2) is 21.5 Å². The fourth-order valence-corrected chi connectivity index (χ4v) is 5.20. The molecular weight excluding hydrogens is 464 g/mol. The average Bonchev–Trinajstić information content (AvgIpc) is 2.61. The Kier molecular flexibility index (Phi) is 5.06. The van der Waals surface area contributed by atoms with Gasteiger partial charge in [-0.1, -0.05) is 6.07 Å². The summed E-state index contributed by atoms with van der Waals surface area (Å²) in [7, 11) is -5.11. The topological polar surface area (TPSA) is 37.4 Å². The first-order valence-electron chi connectivity index (χ1n) is 7.47. The number of rotatable bonds is 2. The van der Waals surface area contributed by atoms with Crippen LogP contribution in [0.4, 0.5) is 26.3 Å². The van der Waals surface area contributed by atoms with E-state index in [4.69, 9.17) is 0 Å². The fraction of sp³-hybridized carbons (Fsp3) is 0.250. The Morgan fingerprint density at radius 1 is 0.963 bits per heavy atom. The van der Waals surface area contributed by atoms with Gasteiger partial charge >= 0.3 is 0 Å². The van der Waals surface area contributed by atoms with Crippen molar-refractivity contribution in [1.29, 1.82) is 0 Å². The maximum atomic E-state index is 14.0. The molecule has 0 aromatic heterocycles. The SMILES string of the molecule is CC1Cc2ccc(F)c(Br)c2CN1S(=O)(=O)c1c(F)c(F)c(F)c(F)c1F. The molecular formula is C16H10BrF6NO2S. The highest BCUT2D eigenvalue weighted by atomic mass is 79.9. The molecule has 1 heterocycles. The third-order valence-corrected chi connectivity index (χ3v) is 7.19. The van der Waals surface area contributed by atoms with Crippen LogP contribution in [-0.2, 0) is 23.0 Å². The van der Waals surface area contributed by atoms with E-state index in [1.165, 1.54) is 19.1 Å². The van der Waals surface area contributed by atoms with Gasteiger partial charge < -0.3 is 0 Å². The van der Waals surface area contributed by atoms with Gasteiger partial charge in [-0.05, 0) is 46.5 Å². The molecule has 2 aromatic rings. The third kappa shape index (κ3) is 3.05. The lowest BCUT2D eigenvalue weighted by atomic mass is 9.96. The molecule has 27 heavy (non-hydrogen) atoms. The normalized spacial score (nSPS) is 17.9. The van der Waals surface area contributed by atoms with Crippen molar-refractivity contribution in [2.75, 3.05) is 0 Å². The number of nitrogens with zero attached hydrogens (tertiary/aromatic N) is 1. The Morgan fingerprint density at radius 3 is 2.04 bits per heavy atom. The molecule has 1 atom stereocenters. The molecule has 11 heteroatoms. The molecule has 3 rings (SSSR count). The van der Waals surface area contributed by atoms with Crippen LogP contribution >= 0.6 is 15.9 Å². The van der Waals surface area contributed by atoms with Gasteiger partial charge in [0.1, 0.15) is 5.82 Å². The van der Waals surface area contributed by atoms with Crippen molar-refractivity contribution in [3.05, 3.63) is 62.6 Å². The number of hydrogen-bond donors (Lipinski definition) is 0. The number of hydrogen-bond acceptors (Lipinski definition) is 2. The van der Waals surface area contributed by atoms with Crippen molar-refractivity contribution < 1.29 is 34.8 Å². The Morgan fingerprint density at radius 2 is 1.48 bits per heavy atom. The van der Waals surface area contributed by atoms with Gasteiger partial charge in [0.15, 0.2) is 28.2 Å². The summed E-state index contributed by atoms with van der Waals surface area (Å²) in [6.45, 7) is 0.903. The highest BCUT2D eigenvalue weighted by Gasteiger charge is 2.41. The van der Waals surface area contributed by atoms with Crippen molar-refractivity contribution in [3.8, 4) is 0 Å². The second kappa shape index (κ2) is 6.78. The summed E-state index contributed by atoms with van der Waals surface area (Å²) in [5, 5.41) is 0. The maximum absolute atomic E-state index is 14.0. The highest BCUT2D eigenvalue weighted by molar-refractivity contribution is 9.10. The van der Waals surface area contributed by atoms with E-state index in [9.17, 15) is 34.8 Å². The molecule has 0 aliphatic carbocycles. The molecule has 0 fully saturated rings. The lowest BCUT2D eigenvalue weighted by molar-refractivity contribution is 0.299. The Bertz CT molecular complexity index is 1030. The standard InChI is InChI=1S/C16H10BrF6NO2S/c1-6-4-7-2-3-9(18)10(17)8(7)5-24(6)27(25,26)16-14(22)12(20)11(19)13(21)15(16)23/h2-3,6H,4-5H2,1H3. The van der Waals surface area contributed by atoms with E-state index in [1.807, 2.05) is 0 Å². The van der Waals surface area contributed by atoms with Crippen LogP contribution in [0.3, 0.4) is 0 Å². The Balaban J connectivity index is 2.18. The van der Waals surface area contributed by atoms with E-state index in [-0.39, 0.29) is 16.5 Å². The van der Waals surface area contributed by atoms with Crippen LogP contribution in [0, 0.1) is 34.9 Å². The Hall–Kier alpha value is -1.59. The second-order valence-electron chi connectivity index (χ2n) is 6.00. The zero-order valence-corrected chi connectivity index (χ0v) is 15.9. The highest BCUT2D eigenvalue weighted by Crippen LogP contribution is 2.36. The summed E-state index contributed by atoms with van der Waals surface area (Å²) < 4.78 is 108. The van der Waals surface area contributed by atoms with Gasteiger partial charge in [0.2, 0.25) is 15.8 Å². The average molecular weight is 474 g/mol. The molecule has 0 amide bonds. The smallest absolute Gasteiger partial charge is 0.207 e. The minimum atomic E-state index is -5.11. The summed E-state index contributed by atoms with van der Waals surface area (Å²) in [6.07, 6.45) is 0.0584. The summed E-state index contributed by atoms with van der Waals surface area (Å²) in [5.41, 5.74) is 0.806. The van der Waals surface area contributed by atoms with Gasteiger partial charge in [-0.3, -0.25) is 0 Å². The maximum Gasteiger partial charge on any atom is 0.249 e. The van der Waals surface area contributed by atoms with Gasteiger partial charge in [-0.2, -0.15) is 4.31 Å². The summed E-state index contributed by atoms with van der Waals surface area (Å²) >= 11 is 2.98. The minimum Gasteiger partial charge on any atom is -0.207 e. The summed E-state index contributed by atoms with van der Waals surface area (Å²) in [4.78, 5) is -1.93. The molecule has 2 aromatic carbocycles. The van der Waals surface area contributed by atoms with Crippen molar-refractivity contribution in [1.82, 2.24) is 4.31 Å². The zero-order chi connectivity index (χ0) is 20.3. The molecule has 1 unspecified atom stereocenters. The van der Waals surface area contributed by atoms with Gasteiger partial charge in [0, 0.05) is 12.6 Å². The minimum absolute atomic E-state index is 0.0375. The Labute approximate surface area is 158 Å². The number of halogens is 7. The molecule has 0 spiro atoms. The van der Waals surface area contributed by atoms with E-state index in [2.05, 4.69) is 15.9 Å². The van der Waals surface area contributed by atoms with Crippen molar-refractivity contribution in [3.63, 3.8) is 0 Å². The van der Waals surface area contributed by atoms with E-state index in [0.717, 1.165) is 0 Å². The second-order valence-corrected chi connectivity index (χ2v) is 8.62. The predicted molar refractivity (Wildman–Crippen MR) is 86.2 cm³/mol. The van der Waals surface area contributed by atoms with Crippen molar-refractivity contribution in [2.24, 2.45) is 0 Å². The van der Waals surface area contributed by atoms with Crippen molar-refractivity contribution in [2.45, 2.75) is 30.8 Å². The van der Waals surface area contributed by atoms with Crippen molar-refractivity contribution >= 4 is 26.0 Å². The molecule has 1 aliphatic rings. The molecule has 0 saturated heterocycles. The lowest BCUT2D eigenvalue weighted by Crippen LogP contribution is -2.43. The molecule has 0 saturated carbocycles. The molecule has 0 radical (unpaired) electrons. The largest absolute Gasteiger partial charge is 0.249 e. The molecule has 1 aliphatic heterocycles. The number of benzene rings is 2. The third-order valence-electron chi connectivity index (χ3n) is 4.35. The molecule has 146 valence electrons. The lowest BCUT2D eigenvalue weighted by Gasteiger charge is -2.34. The van der Waals surface area contributed by atoms with E-state index in [0.29, 0.717) is 9.87 Å². The van der Waals surface area contributed by atoms with Gasteiger partial charge in [0.05, 0.1) is 4.47 Å². The molecule has 0 N–H and O–H groups in total. The fourth-order valence-electron chi connectivity index (χ4n) is 2.98. The first-order chi connectivity index (χ1) is 12.5. The zero-order valence-electron chi connectivity index (χ0n) is 13.5. The van der Waals surface area contributed by atoms with E-state index < -0.39 is 62.4 Å². The van der Waals surface area contributed by atoms with Gasteiger partial charge in [0.25, 0.3) is 0 Å². The van der Waals surface area contributed by atoms with E-state index >= 15 is 0 Å². The molecule has 0 bridgehead atoms.